The molecule has 1 nitrogen and oxygen atoms in total. The van der Waals surface area contributed by atoms with E-state index in [1.807, 2.05) is 0 Å². The second-order valence-corrected chi connectivity index (χ2v) is 6.34. The highest BCUT2D eigenvalue weighted by atomic mass is 14.9. The molecule has 18 heavy (non-hydrogen) atoms. The van der Waals surface area contributed by atoms with Crippen molar-refractivity contribution >= 4 is 0 Å². The molecule has 1 aliphatic carbocycles. The summed E-state index contributed by atoms with van der Waals surface area (Å²) in [5, 5.41) is 3.62. The predicted octanol–water partition coefficient (Wildman–Crippen LogP) is 4.02. The number of rotatable bonds is 1. The zero-order valence-corrected chi connectivity index (χ0v) is 11.5. The number of benzene rings is 1. The Balaban J connectivity index is 1.91. The molecule has 1 heteroatoms. The minimum absolute atomic E-state index is 0.608. The summed E-state index contributed by atoms with van der Waals surface area (Å²) in [6.45, 7) is 4.62. The van der Waals surface area contributed by atoms with Crippen LogP contribution in [0.15, 0.2) is 24.3 Å². The molecule has 0 amide bonds. The third kappa shape index (κ3) is 2.21. The molecular weight excluding hydrogens is 218 g/mol. The molecule has 0 aromatic heterocycles. The predicted molar refractivity (Wildman–Crippen MR) is 76.9 cm³/mol. The van der Waals surface area contributed by atoms with Gasteiger partial charge in [-0.3, -0.25) is 0 Å². The van der Waals surface area contributed by atoms with Crippen LogP contribution in [-0.2, 0) is 0 Å². The summed E-state index contributed by atoms with van der Waals surface area (Å²) in [5.74, 6) is 0.742. The molecule has 1 aromatic carbocycles. The van der Waals surface area contributed by atoms with Gasteiger partial charge in [0, 0.05) is 12.5 Å². The van der Waals surface area contributed by atoms with Gasteiger partial charge in [-0.25, -0.2) is 0 Å². The number of nitrogens with one attached hydrogen (secondary N) is 1. The molecule has 1 heterocycles. The van der Waals surface area contributed by atoms with Crippen molar-refractivity contribution in [3.8, 4) is 0 Å². The number of piperidine rings is 1. The van der Waals surface area contributed by atoms with Gasteiger partial charge in [-0.15, -0.1) is 0 Å². The van der Waals surface area contributed by atoms with Gasteiger partial charge in [0.2, 0.25) is 0 Å². The van der Waals surface area contributed by atoms with Crippen LogP contribution in [0.4, 0.5) is 0 Å². The molecule has 0 bridgehead atoms. The van der Waals surface area contributed by atoms with E-state index in [-0.39, 0.29) is 0 Å². The fourth-order valence-electron chi connectivity index (χ4n) is 4.19. The third-order valence-corrected chi connectivity index (χ3v) is 5.18. The molecule has 3 rings (SSSR count). The summed E-state index contributed by atoms with van der Waals surface area (Å²) in [6, 6.07) is 9.21. The maximum Gasteiger partial charge on any atom is 0.00255 e. The average Bonchev–Trinajstić information content (AvgIpc) is 2.40. The van der Waals surface area contributed by atoms with Gasteiger partial charge in [-0.1, -0.05) is 49.1 Å². The molecule has 1 saturated heterocycles. The Kier molecular flexibility index (Phi) is 3.43. The first-order chi connectivity index (χ1) is 8.80. The van der Waals surface area contributed by atoms with Crippen LogP contribution in [0, 0.1) is 12.3 Å². The Bertz CT molecular complexity index is 396. The molecule has 0 radical (unpaired) electrons. The summed E-state index contributed by atoms with van der Waals surface area (Å²) in [6.07, 6.45) is 8.63. The zero-order chi connectivity index (χ0) is 12.4. The van der Waals surface area contributed by atoms with E-state index >= 15 is 0 Å². The molecule has 1 aromatic rings. The van der Waals surface area contributed by atoms with Crippen molar-refractivity contribution in [2.45, 2.75) is 51.4 Å². The van der Waals surface area contributed by atoms with E-state index < -0.39 is 0 Å². The van der Waals surface area contributed by atoms with E-state index in [9.17, 15) is 0 Å². The van der Waals surface area contributed by atoms with Crippen molar-refractivity contribution in [2.75, 3.05) is 13.1 Å². The van der Waals surface area contributed by atoms with Crippen LogP contribution >= 0.6 is 0 Å². The number of hydrogen-bond acceptors (Lipinski definition) is 1. The lowest BCUT2D eigenvalue weighted by molar-refractivity contribution is 0.103. The quantitative estimate of drug-likeness (QED) is 0.785. The van der Waals surface area contributed by atoms with Crippen molar-refractivity contribution in [3.05, 3.63) is 35.4 Å². The summed E-state index contributed by atoms with van der Waals surface area (Å²) in [5.41, 5.74) is 3.59. The zero-order valence-electron chi connectivity index (χ0n) is 11.5. The van der Waals surface area contributed by atoms with Gasteiger partial charge in [0.1, 0.15) is 0 Å². The second-order valence-electron chi connectivity index (χ2n) is 6.34. The molecule has 1 unspecified atom stereocenters. The van der Waals surface area contributed by atoms with Gasteiger partial charge < -0.3 is 5.32 Å². The first-order valence-corrected chi connectivity index (χ1v) is 7.57. The minimum Gasteiger partial charge on any atom is -0.316 e. The van der Waals surface area contributed by atoms with E-state index in [0.29, 0.717) is 5.41 Å². The van der Waals surface area contributed by atoms with Gasteiger partial charge in [0.05, 0.1) is 0 Å². The smallest absolute Gasteiger partial charge is 0.00255 e. The van der Waals surface area contributed by atoms with Gasteiger partial charge >= 0.3 is 0 Å². The Morgan fingerprint density at radius 3 is 2.72 bits per heavy atom. The van der Waals surface area contributed by atoms with Crippen LogP contribution in [0.3, 0.4) is 0 Å². The highest BCUT2D eigenvalue weighted by molar-refractivity contribution is 5.28. The fourth-order valence-corrected chi connectivity index (χ4v) is 4.19. The van der Waals surface area contributed by atoms with E-state index in [0.717, 1.165) is 5.92 Å². The first-order valence-electron chi connectivity index (χ1n) is 7.57. The lowest BCUT2D eigenvalue weighted by Gasteiger charge is -2.47. The Labute approximate surface area is 111 Å². The van der Waals surface area contributed by atoms with E-state index in [1.54, 1.807) is 5.56 Å². The van der Waals surface area contributed by atoms with Crippen molar-refractivity contribution < 1.29 is 0 Å². The van der Waals surface area contributed by atoms with Gasteiger partial charge in [0.15, 0.2) is 0 Å². The summed E-state index contributed by atoms with van der Waals surface area (Å²) in [4.78, 5) is 0. The lowest BCUT2D eigenvalue weighted by Crippen LogP contribution is -2.44. The van der Waals surface area contributed by atoms with Crippen molar-refractivity contribution in [3.63, 3.8) is 0 Å². The van der Waals surface area contributed by atoms with E-state index in [2.05, 4.69) is 36.5 Å². The van der Waals surface area contributed by atoms with Crippen molar-refractivity contribution in [2.24, 2.45) is 5.41 Å². The molecule has 2 aliphatic rings. The van der Waals surface area contributed by atoms with Gasteiger partial charge in [-0.05, 0) is 43.7 Å². The van der Waals surface area contributed by atoms with Crippen LogP contribution in [0.1, 0.15) is 55.6 Å². The van der Waals surface area contributed by atoms with E-state index in [4.69, 9.17) is 0 Å². The molecule has 1 aliphatic heterocycles. The molecule has 98 valence electrons. The molecule has 1 N–H and O–H groups in total. The van der Waals surface area contributed by atoms with Gasteiger partial charge in [-0.2, -0.15) is 0 Å². The highest BCUT2D eigenvalue weighted by Crippen LogP contribution is 2.50. The fraction of sp³-hybridized carbons (Fsp3) is 0.647. The van der Waals surface area contributed by atoms with Crippen LogP contribution in [0.5, 0.6) is 0 Å². The molecular formula is C17H25N. The Hall–Kier alpha value is -0.820. The van der Waals surface area contributed by atoms with Crippen LogP contribution < -0.4 is 5.32 Å². The monoisotopic (exact) mass is 243 g/mol. The van der Waals surface area contributed by atoms with Crippen molar-refractivity contribution in [1.29, 1.82) is 0 Å². The van der Waals surface area contributed by atoms with E-state index in [1.165, 1.54) is 57.2 Å². The molecule has 1 atom stereocenters. The standard InChI is InChI=1S/C17H25N/c1-14-6-5-7-15(12-14)16-13-18-11-10-17(16)8-3-2-4-9-17/h5-7,12,16,18H,2-4,8-11,13H2,1H3. The van der Waals surface area contributed by atoms with Crippen LogP contribution in [0.25, 0.3) is 0 Å². The second kappa shape index (κ2) is 5.05. The van der Waals surface area contributed by atoms with Crippen LogP contribution in [-0.4, -0.2) is 13.1 Å². The lowest BCUT2D eigenvalue weighted by atomic mass is 9.60. The summed E-state index contributed by atoms with van der Waals surface area (Å²) >= 11 is 0. The average molecular weight is 243 g/mol. The maximum absolute atomic E-state index is 3.62. The number of aryl methyl sites for hydroxylation is 1. The summed E-state index contributed by atoms with van der Waals surface area (Å²) in [7, 11) is 0. The molecule has 1 saturated carbocycles. The SMILES string of the molecule is Cc1cccc(C2CNCCC23CCCCC3)c1. The van der Waals surface area contributed by atoms with Crippen LogP contribution in [0.2, 0.25) is 0 Å². The number of hydrogen-bond donors (Lipinski definition) is 1. The summed E-state index contributed by atoms with van der Waals surface area (Å²) < 4.78 is 0. The Morgan fingerprint density at radius 1 is 1.11 bits per heavy atom. The normalized spacial score (nSPS) is 27.3. The molecule has 1 spiro atoms. The first kappa shape index (κ1) is 12.2. The maximum atomic E-state index is 3.62. The third-order valence-electron chi connectivity index (χ3n) is 5.18. The minimum atomic E-state index is 0.608. The highest BCUT2D eigenvalue weighted by Gasteiger charge is 2.41. The Morgan fingerprint density at radius 2 is 1.94 bits per heavy atom. The molecule has 2 fully saturated rings. The van der Waals surface area contributed by atoms with Gasteiger partial charge in [0.25, 0.3) is 0 Å². The van der Waals surface area contributed by atoms with Crippen molar-refractivity contribution in [1.82, 2.24) is 5.32 Å². The topological polar surface area (TPSA) is 12.0 Å². The largest absolute Gasteiger partial charge is 0.316 e.